The molecule has 1 unspecified atom stereocenters. The average Bonchev–Trinajstić information content (AvgIpc) is 2.44. The quantitative estimate of drug-likeness (QED) is 0.559. The van der Waals surface area contributed by atoms with Crippen molar-refractivity contribution in [3.63, 3.8) is 0 Å². The Morgan fingerprint density at radius 2 is 1.91 bits per heavy atom. The number of rotatable bonds is 8. The molecular formula is C14H23N3O4S. The van der Waals surface area contributed by atoms with Crippen LogP contribution in [-0.2, 0) is 10.0 Å². The van der Waals surface area contributed by atoms with Gasteiger partial charge in [-0.2, -0.15) is 0 Å². The lowest BCUT2D eigenvalue weighted by molar-refractivity contribution is -0.388. The van der Waals surface area contributed by atoms with Crippen molar-refractivity contribution in [2.45, 2.75) is 51.0 Å². The summed E-state index contributed by atoms with van der Waals surface area (Å²) in [5.41, 5.74) is 5.88. The highest BCUT2D eigenvalue weighted by Crippen LogP contribution is 2.30. The first-order valence-corrected chi connectivity index (χ1v) is 8.69. The third-order valence-corrected chi connectivity index (χ3v) is 5.19. The Hall–Kier alpha value is -1.51. The number of aryl methyl sites for hydroxylation is 2. The number of nitrogens with two attached hydrogens (primary N) is 1. The number of sulfonamides is 1. The van der Waals surface area contributed by atoms with Crippen LogP contribution in [0.3, 0.4) is 0 Å². The zero-order valence-electron chi connectivity index (χ0n) is 13.1. The maximum atomic E-state index is 12.6. The molecule has 0 aliphatic carbocycles. The Morgan fingerprint density at radius 3 is 2.41 bits per heavy atom. The normalized spacial score (nSPS) is 13.1. The first-order chi connectivity index (χ1) is 10.2. The summed E-state index contributed by atoms with van der Waals surface area (Å²) >= 11 is 0. The fraction of sp³-hybridized carbons (Fsp3) is 0.571. The fourth-order valence-electron chi connectivity index (χ4n) is 2.29. The van der Waals surface area contributed by atoms with Gasteiger partial charge in [-0.1, -0.05) is 31.9 Å². The molecule has 0 aliphatic rings. The van der Waals surface area contributed by atoms with Gasteiger partial charge in [-0.15, -0.1) is 0 Å². The van der Waals surface area contributed by atoms with Crippen molar-refractivity contribution in [1.29, 1.82) is 0 Å². The monoisotopic (exact) mass is 329 g/mol. The van der Waals surface area contributed by atoms with Crippen LogP contribution in [0.1, 0.15) is 37.3 Å². The number of nitrogens with one attached hydrogen (secondary N) is 1. The number of hydrogen-bond donors (Lipinski definition) is 2. The Labute approximate surface area is 131 Å². The van der Waals surface area contributed by atoms with Crippen LogP contribution in [-0.4, -0.2) is 25.9 Å². The summed E-state index contributed by atoms with van der Waals surface area (Å²) in [6, 6.07) is 2.69. The van der Waals surface area contributed by atoms with Gasteiger partial charge in [0, 0.05) is 18.2 Å². The molecule has 7 nitrogen and oxygen atoms in total. The van der Waals surface area contributed by atoms with E-state index in [0.717, 1.165) is 12.8 Å². The number of hydrogen-bond acceptors (Lipinski definition) is 5. The molecule has 0 bridgehead atoms. The van der Waals surface area contributed by atoms with Gasteiger partial charge >= 0.3 is 0 Å². The lowest BCUT2D eigenvalue weighted by Gasteiger charge is -2.18. The molecule has 1 aromatic rings. The second kappa shape index (κ2) is 7.66. The molecule has 0 aliphatic heterocycles. The minimum Gasteiger partial charge on any atom is -0.329 e. The summed E-state index contributed by atoms with van der Waals surface area (Å²) in [6.45, 7) is 5.22. The molecule has 0 amide bonds. The van der Waals surface area contributed by atoms with Gasteiger partial charge in [-0.05, 0) is 25.8 Å². The Bertz CT molecular complexity index is 644. The van der Waals surface area contributed by atoms with E-state index in [4.69, 9.17) is 5.73 Å². The average molecular weight is 329 g/mol. The van der Waals surface area contributed by atoms with Gasteiger partial charge in [-0.3, -0.25) is 10.1 Å². The number of nitrogens with zero attached hydrogens (tertiary/aromatic N) is 1. The van der Waals surface area contributed by atoms with Crippen LogP contribution in [0.4, 0.5) is 5.69 Å². The third-order valence-electron chi connectivity index (χ3n) is 3.49. The molecule has 0 saturated heterocycles. The molecule has 0 radical (unpaired) electrons. The Kier molecular flexibility index (Phi) is 6.46. The predicted octanol–water partition coefficient (Wildman–Crippen LogP) is 2.01. The summed E-state index contributed by atoms with van der Waals surface area (Å²) in [7, 11) is -4.00. The summed E-state index contributed by atoms with van der Waals surface area (Å²) in [4.78, 5) is 10.3. The van der Waals surface area contributed by atoms with E-state index in [1.165, 1.54) is 6.92 Å². The number of unbranched alkanes of at least 4 members (excludes halogenated alkanes) is 1. The van der Waals surface area contributed by atoms with E-state index in [1.54, 1.807) is 19.1 Å². The van der Waals surface area contributed by atoms with Gasteiger partial charge in [-0.25, -0.2) is 13.1 Å². The summed E-state index contributed by atoms with van der Waals surface area (Å²) in [5, 5.41) is 11.3. The van der Waals surface area contributed by atoms with Crippen LogP contribution in [0.25, 0.3) is 0 Å². The lowest BCUT2D eigenvalue weighted by Crippen LogP contribution is -2.40. The molecule has 3 N–H and O–H groups in total. The molecule has 0 heterocycles. The van der Waals surface area contributed by atoms with Crippen molar-refractivity contribution in [1.82, 2.24) is 4.72 Å². The van der Waals surface area contributed by atoms with Crippen LogP contribution in [0.15, 0.2) is 17.0 Å². The van der Waals surface area contributed by atoms with E-state index >= 15 is 0 Å². The second-order valence-corrected chi connectivity index (χ2v) is 6.98. The SMILES string of the molecule is CCCCC(CN)NS(=O)(=O)c1c(C)ccc(C)c1[N+](=O)[O-]. The molecule has 0 aromatic heterocycles. The summed E-state index contributed by atoms with van der Waals surface area (Å²) in [5.74, 6) is 0. The molecule has 0 fully saturated rings. The van der Waals surface area contributed by atoms with Gasteiger partial charge in [0.2, 0.25) is 10.0 Å². The molecular weight excluding hydrogens is 306 g/mol. The van der Waals surface area contributed by atoms with E-state index in [1.807, 2.05) is 6.92 Å². The molecule has 1 aromatic carbocycles. The highest BCUT2D eigenvalue weighted by Gasteiger charge is 2.31. The summed E-state index contributed by atoms with van der Waals surface area (Å²) < 4.78 is 27.7. The minimum atomic E-state index is -4.00. The number of benzene rings is 1. The first-order valence-electron chi connectivity index (χ1n) is 7.21. The standard InChI is InChI=1S/C14H23N3O4S/c1-4-5-6-12(9-15)16-22(20,21)14-11(3)8-7-10(2)13(14)17(18)19/h7-8,12,16H,4-6,9,15H2,1-3H3. The second-order valence-electron chi connectivity index (χ2n) is 5.33. The van der Waals surface area contributed by atoms with Crippen molar-refractivity contribution in [3.05, 3.63) is 33.4 Å². The van der Waals surface area contributed by atoms with Crippen LogP contribution in [0.2, 0.25) is 0 Å². The van der Waals surface area contributed by atoms with Gasteiger partial charge in [0.15, 0.2) is 4.90 Å². The molecule has 1 atom stereocenters. The largest absolute Gasteiger partial charge is 0.329 e. The zero-order valence-corrected chi connectivity index (χ0v) is 13.9. The molecule has 1 rings (SSSR count). The number of nitro benzene ring substituents is 1. The third kappa shape index (κ3) is 4.25. The molecule has 22 heavy (non-hydrogen) atoms. The van der Waals surface area contributed by atoms with Crippen LogP contribution in [0.5, 0.6) is 0 Å². The van der Waals surface area contributed by atoms with Gasteiger partial charge in [0.05, 0.1) is 4.92 Å². The molecule has 0 spiro atoms. The lowest BCUT2D eigenvalue weighted by atomic mass is 10.1. The minimum absolute atomic E-state index is 0.151. The Morgan fingerprint density at radius 1 is 1.32 bits per heavy atom. The van der Waals surface area contributed by atoms with Crippen LogP contribution in [0, 0.1) is 24.0 Å². The smallest absolute Gasteiger partial charge is 0.292 e. The van der Waals surface area contributed by atoms with Crippen molar-refractivity contribution in [2.75, 3.05) is 6.54 Å². The predicted molar refractivity (Wildman–Crippen MR) is 85.3 cm³/mol. The maximum Gasteiger partial charge on any atom is 0.292 e. The van der Waals surface area contributed by atoms with Gasteiger partial charge in [0.1, 0.15) is 0 Å². The maximum absolute atomic E-state index is 12.6. The topological polar surface area (TPSA) is 115 Å². The van der Waals surface area contributed by atoms with Gasteiger partial charge < -0.3 is 5.73 Å². The van der Waals surface area contributed by atoms with E-state index in [2.05, 4.69) is 4.72 Å². The fourth-order valence-corrected chi connectivity index (χ4v) is 4.04. The highest BCUT2D eigenvalue weighted by molar-refractivity contribution is 7.89. The van der Waals surface area contributed by atoms with Gasteiger partial charge in [0.25, 0.3) is 5.69 Å². The molecule has 8 heteroatoms. The molecule has 124 valence electrons. The molecule has 0 saturated carbocycles. The van der Waals surface area contributed by atoms with E-state index in [-0.39, 0.29) is 17.1 Å². The van der Waals surface area contributed by atoms with Crippen molar-refractivity contribution in [3.8, 4) is 0 Å². The van der Waals surface area contributed by atoms with E-state index in [0.29, 0.717) is 17.5 Å². The Balaban J connectivity index is 3.28. The first kappa shape index (κ1) is 18.5. The van der Waals surface area contributed by atoms with Crippen molar-refractivity contribution >= 4 is 15.7 Å². The highest BCUT2D eigenvalue weighted by atomic mass is 32.2. The van der Waals surface area contributed by atoms with Crippen LogP contribution >= 0.6 is 0 Å². The summed E-state index contributed by atoms with van der Waals surface area (Å²) in [6.07, 6.45) is 2.35. The van der Waals surface area contributed by atoms with E-state index in [9.17, 15) is 18.5 Å². The number of nitro groups is 1. The van der Waals surface area contributed by atoms with E-state index < -0.39 is 21.0 Å². The van der Waals surface area contributed by atoms with Crippen molar-refractivity contribution < 1.29 is 13.3 Å². The van der Waals surface area contributed by atoms with Crippen LogP contribution < -0.4 is 10.5 Å². The van der Waals surface area contributed by atoms with Crippen molar-refractivity contribution in [2.24, 2.45) is 5.73 Å². The zero-order chi connectivity index (χ0) is 16.9.